The van der Waals surface area contributed by atoms with Crippen molar-refractivity contribution in [2.75, 3.05) is 6.54 Å². The van der Waals surface area contributed by atoms with E-state index in [-0.39, 0.29) is 18.4 Å². The molecule has 0 fully saturated rings. The molecule has 7 nitrogen and oxygen atoms in total. The number of hydrogen-bond acceptors (Lipinski definition) is 4. The van der Waals surface area contributed by atoms with Crippen LogP contribution in [-0.4, -0.2) is 33.5 Å². The Labute approximate surface area is 144 Å². The molecule has 0 atom stereocenters. The Morgan fingerprint density at radius 2 is 1.76 bits per heavy atom. The van der Waals surface area contributed by atoms with Crippen molar-refractivity contribution in [2.45, 2.75) is 6.54 Å². The van der Waals surface area contributed by atoms with Crippen molar-refractivity contribution >= 4 is 11.8 Å². The fourth-order valence-corrected chi connectivity index (χ4v) is 2.21. The topological polar surface area (TPSA) is 99.8 Å². The van der Waals surface area contributed by atoms with Crippen LogP contribution in [0.5, 0.6) is 0 Å². The van der Waals surface area contributed by atoms with Crippen LogP contribution in [0.3, 0.4) is 0 Å². The number of pyridine rings is 1. The van der Waals surface area contributed by atoms with E-state index in [4.69, 9.17) is 0 Å². The largest absolute Gasteiger partial charge is 0.350 e. The minimum absolute atomic E-state index is 0.108. The number of nitrogens with zero attached hydrogens (tertiary/aromatic N) is 2. The second-order valence-corrected chi connectivity index (χ2v) is 5.35. The first-order valence-corrected chi connectivity index (χ1v) is 7.77. The Bertz CT molecular complexity index is 846. The van der Waals surface area contributed by atoms with Crippen LogP contribution in [0, 0.1) is 0 Å². The van der Waals surface area contributed by atoms with Gasteiger partial charge in [0.05, 0.1) is 12.2 Å². The third-order valence-electron chi connectivity index (χ3n) is 3.54. The molecule has 2 heterocycles. The molecule has 126 valence electrons. The number of nitrogens with one attached hydrogen (secondary N) is 3. The van der Waals surface area contributed by atoms with E-state index in [0.717, 1.165) is 11.1 Å². The molecule has 0 unspecified atom stereocenters. The number of H-pyrrole nitrogens is 1. The van der Waals surface area contributed by atoms with E-state index in [9.17, 15) is 9.59 Å². The maximum atomic E-state index is 12.1. The number of carbonyl (C=O) groups excluding carboxylic acids is 2. The third-order valence-corrected chi connectivity index (χ3v) is 3.54. The summed E-state index contributed by atoms with van der Waals surface area (Å²) in [5.74, 6) is -0.651. The van der Waals surface area contributed by atoms with Crippen molar-refractivity contribution in [1.29, 1.82) is 0 Å². The average Bonchev–Trinajstić information content (AvgIpc) is 3.16. The fraction of sp³-hybridized carbons (Fsp3) is 0.111. The van der Waals surface area contributed by atoms with Crippen LogP contribution in [-0.2, 0) is 11.3 Å². The van der Waals surface area contributed by atoms with E-state index < -0.39 is 0 Å². The van der Waals surface area contributed by atoms with Gasteiger partial charge in [-0.25, -0.2) is 0 Å². The maximum absolute atomic E-state index is 12.1. The molecule has 0 saturated carbocycles. The standard InChI is InChI=1S/C18H17N5O2/c24-17(20-11-13-6-8-19-9-7-13)12-21-18(25)16-10-15(22-23-16)14-4-2-1-3-5-14/h1-10H,11-12H2,(H,20,24)(H,21,25)(H,22,23). The molecule has 2 aromatic heterocycles. The Balaban J connectivity index is 1.49. The van der Waals surface area contributed by atoms with Gasteiger partial charge < -0.3 is 10.6 Å². The summed E-state index contributed by atoms with van der Waals surface area (Å²) in [7, 11) is 0. The number of benzene rings is 1. The van der Waals surface area contributed by atoms with Crippen molar-refractivity contribution in [1.82, 2.24) is 25.8 Å². The second-order valence-electron chi connectivity index (χ2n) is 5.35. The summed E-state index contributed by atoms with van der Waals surface area (Å²) < 4.78 is 0. The van der Waals surface area contributed by atoms with Crippen LogP contribution in [0.15, 0.2) is 60.9 Å². The number of aromatic amines is 1. The SMILES string of the molecule is O=C(CNC(=O)c1cc(-c2ccccc2)n[nH]1)NCc1ccncc1. The van der Waals surface area contributed by atoms with Crippen molar-refractivity contribution in [2.24, 2.45) is 0 Å². The highest BCUT2D eigenvalue weighted by Crippen LogP contribution is 2.16. The van der Waals surface area contributed by atoms with Gasteiger partial charge in [0.15, 0.2) is 0 Å². The van der Waals surface area contributed by atoms with Crippen molar-refractivity contribution in [3.05, 3.63) is 72.2 Å². The Morgan fingerprint density at radius 1 is 1.00 bits per heavy atom. The Morgan fingerprint density at radius 3 is 2.52 bits per heavy atom. The lowest BCUT2D eigenvalue weighted by Crippen LogP contribution is -2.36. The predicted octanol–water partition coefficient (Wildman–Crippen LogP) is 1.52. The van der Waals surface area contributed by atoms with Crippen LogP contribution < -0.4 is 10.6 Å². The van der Waals surface area contributed by atoms with E-state index in [1.807, 2.05) is 42.5 Å². The second kappa shape index (κ2) is 7.87. The lowest BCUT2D eigenvalue weighted by atomic mass is 10.1. The smallest absolute Gasteiger partial charge is 0.269 e. The lowest BCUT2D eigenvalue weighted by Gasteiger charge is -2.06. The van der Waals surface area contributed by atoms with Gasteiger partial charge in [0.25, 0.3) is 5.91 Å². The van der Waals surface area contributed by atoms with E-state index in [1.54, 1.807) is 18.5 Å². The molecule has 0 spiro atoms. The zero-order valence-corrected chi connectivity index (χ0v) is 13.4. The molecule has 0 bridgehead atoms. The van der Waals surface area contributed by atoms with E-state index in [0.29, 0.717) is 17.9 Å². The molecule has 2 amide bonds. The highest BCUT2D eigenvalue weighted by molar-refractivity contribution is 5.95. The van der Waals surface area contributed by atoms with Crippen LogP contribution in [0.4, 0.5) is 0 Å². The number of carbonyl (C=O) groups is 2. The first kappa shape index (κ1) is 16.4. The van der Waals surface area contributed by atoms with Crippen molar-refractivity contribution < 1.29 is 9.59 Å². The summed E-state index contributed by atoms with van der Waals surface area (Å²) in [5, 5.41) is 12.1. The fourth-order valence-electron chi connectivity index (χ4n) is 2.21. The summed E-state index contributed by atoms with van der Waals surface area (Å²) in [4.78, 5) is 27.8. The summed E-state index contributed by atoms with van der Waals surface area (Å²) in [6, 6.07) is 14.8. The molecular formula is C18H17N5O2. The van der Waals surface area contributed by atoms with Gasteiger partial charge in [-0.05, 0) is 23.8 Å². The Hall–Kier alpha value is -3.48. The normalized spacial score (nSPS) is 10.2. The van der Waals surface area contributed by atoms with Gasteiger partial charge in [0.2, 0.25) is 5.91 Å². The zero-order valence-electron chi connectivity index (χ0n) is 13.4. The van der Waals surface area contributed by atoms with Gasteiger partial charge in [-0.3, -0.25) is 19.7 Å². The average molecular weight is 335 g/mol. The quantitative estimate of drug-likeness (QED) is 0.636. The van der Waals surface area contributed by atoms with Gasteiger partial charge in [0, 0.05) is 24.5 Å². The van der Waals surface area contributed by atoms with Crippen molar-refractivity contribution in [3.63, 3.8) is 0 Å². The van der Waals surface area contributed by atoms with Crippen molar-refractivity contribution in [3.8, 4) is 11.3 Å². The molecular weight excluding hydrogens is 318 g/mol. The molecule has 1 aromatic carbocycles. The molecule has 3 rings (SSSR count). The summed E-state index contributed by atoms with van der Waals surface area (Å²) in [5.41, 5.74) is 2.83. The number of rotatable bonds is 6. The van der Waals surface area contributed by atoms with Gasteiger partial charge in [-0.1, -0.05) is 30.3 Å². The van der Waals surface area contributed by atoms with Crippen LogP contribution in [0.25, 0.3) is 11.3 Å². The number of hydrogen-bond donors (Lipinski definition) is 3. The monoisotopic (exact) mass is 335 g/mol. The Kier molecular flexibility index (Phi) is 5.16. The van der Waals surface area contributed by atoms with E-state index in [2.05, 4.69) is 25.8 Å². The van der Waals surface area contributed by atoms with Crippen LogP contribution in [0.1, 0.15) is 16.1 Å². The molecule has 0 radical (unpaired) electrons. The maximum Gasteiger partial charge on any atom is 0.269 e. The summed E-state index contributed by atoms with van der Waals surface area (Å²) in [6.07, 6.45) is 3.32. The van der Waals surface area contributed by atoms with Gasteiger partial charge in [-0.2, -0.15) is 5.10 Å². The minimum Gasteiger partial charge on any atom is -0.350 e. The van der Waals surface area contributed by atoms with E-state index in [1.165, 1.54) is 0 Å². The number of amides is 2. The minimum atomic E-state index is -0.381. The lowest BCUT2D eigenvalue weighted by molar-refractivity contribution is -0.120. The summed E-state index contributed by atoms with van der Waals surface area (Å²) >= 11 is 0. The molecule has 0 saturated heterocycles. The first-order valence-electron chi connectivity index (χ1n) is 7.77. The van der Waals surface area contributed by atoms with Crippen LogP contribution in [0.2, 0.25) is 0 Å². The van der Waals surface area contributed by atoms with Crippen LogP contribution >= 0.6 is 0 Å². The third kappa shape index (κ3) is 4.51. The molecule has 3 N–H and O–H groups in total. The van der Waals surface area contributed by atoms with Gasteiger partial charge >= 0.3 is 0 Å². The first-order chi connectivity index (χ1) is 12.2. The molecule has 0 aliphatic rings. The molecule has 0 aliphatic heterocycles. The predicted molar refractivity (Wildman–Crippen MR) is 92.4 cm³/mol. The molecule has 7 heteroatoms. The molecule has 3 aromatic rings. The number of aromatic nitrogens is 3. The molecule has 25 heavy (non-hydrogen) atoms. The van der Waals surface area contributed by atoms with Gasteiger partial charge in [-0.15, -0.1) is 0 Å². The zero-order chi connectivity index (χ0) is 17.5. The highest BCUT2D eigenvalue weighted by atomic mass is 16.2. The van der Waals surface area contributed by atoms with Gasteiger partial charge in [0.1, 0.15) is 5.69 Å². The van der Waals surface area contributed by atoms with E-state index >= 15 is 0 Å². The highest BCUT2D eigenvalue weighted by Gasteiger charge is 2.12. The summed E-state index contributed by atoms with van der Waals surface area (Å²) in [6.45, 7) is 0.281. The molecule has 0 aliphatic carbocycles.